The van der Waals surface area contributed by atoms with Gasteiger partial charge in [0.2, 0.25) is 0 Å². The van der Waals surface area contributed by atoms with Gasteiger partial charge in [-0.2, -0.15) is 0 Å². The topological polar surface area (TPSA) is 57.6 Å². The van der Waals surface area contributed by atoms with Gasteiger partial charge in [-0.05, 0) is 48.2 Å². The lowest BCUT2D eigenvalue weighted by molar-refractivity contribution is -0.0327. The van der Waals surface area contributed by atoms with Crippen LogP contribution >= 0.6 is 0 Å². The van der Waals surface area contributed by atoms with E-state index in [4.69, 9.17) is 0 Å². The first-order valence-electron chi connectivity index (χ1n) is 6.29. The van der Waals surface area contributed by atoms with E-state index in [0.29, 0.717) is 0 Å². The van der Waals surface area contributed by atoms with Gasteiger partial charge in [0.05, 0.1) is 11.1 Å². The summed E-state index contributed by atoms with van der Waals surface area (Å²) in [7, 11) is 0. The van der Waals surface area contributed by atoms with Gasteiger partial charge in [-0.3, -0.25) is 14.8 Å². The Balaban J connectivity index is 2.18. The van der Waals surface area contributed by atoms with Crippen molar-refractivity contribution in [2.45, 2.75) is 13.8 Å². The molecular formula is C16H13NO3. The molecule has 0 bridgehead atoms. The normalized spacial score (nSPS) is 13.8. The standard InChI is InChI=1S/C16H13NO3/c1-9-4-3-5-12(10(9)2)11-6-7-13-14(8-11)16(19)17(20)15(13)18/h3-8,20H,1-2H3. The molecule has 100 valence electrons. The first-order chi connectivity index (χ1) is 9.50. The highest BCUT2D eigenvalue weighted by Crippen LogP contribution is 2.30. The average Bonchev–Trinajstić information content (AvgIpc) is 2.67. The fraction of sp³-hybridized carbons (Fsp3) is 0.125. The van der Waals surface area contributed by atoms with Gasteiger partial charge in [-0.1, -0.05) is 24.3 Å². The molecule has 0 aromatic heterocycles. The second-order valence-corrected chi connectivity index (χ2v) is 4.93. The minimum atomic E-state index is -0.669. The number of hydrogen-bond donors (Lipinski definition) is 1. The Morgan fingerprint density at radius 2 is 1.60 bits per heavy atom. The zero-order chi connectivity index (χ0) is 14.4. The van der Waals surface area contributed by atoms with Crippen LogP contribution in [0.15, 0.2) is 36.4 Å². The summed E-state index contributed by atoms with van der Waals surface area (Å²) < 4.78 is 0. The Kier molecular flexibility index (Phi) is 2.69. The van der Waals surface area contributed by atoms with Crippen LogP contribution in [0.2, 0.25) is 0 Å². The third-order valence-corrected chi connectivity index (χ3v) is 3.78. The molecule has 2 aromatic rings. The van der Waals surface area contributed by atoms with E-state index in [0.717, 1.165) is 22.3 Å². The van der Waals surface area contributed by atoms with Crippen molar-refractivity contribution in [2.24, 2.45) is 0 Å². The third-order valence-electron chi connectivity index (χ3n) is 3.78. The summed E-state index contributed by atoms with van der Waals surface area (Å²) in [5.74, 6) is -1.34. The van der Waals surface area contributed by atoms with E-state index in [2.05, 4.69) is 0 Å². The molecule has 2 aromatic carbocycles. The number of hydrogen-bond acceptors (Lipinski definition) is 3. The summed E-state index contributed by atoms with van der Waals surface area (Å²) in [6.45, 7) is 4.04. The highest BCUT2D eigenvalue weighted by atomic mass is 16.5. The number of carbonyl (C=O) groups excluding carboxylic acids is 2. The molecule has 1 aliphatic rings. The maximum Gasteiger partial charge on any atom is 0.285 e. The van der Waals surface area contributed by atoms with Crippen LogP contribution in [0.3, 0.4) is 0 Å². The van der Waals surface area contributed by atoms with E-state index in [-0.39, 0.29) is 16.2 Å². The minimum Gasteiger partial charge on any atom is -0.278 e. The molecule has 0 spiro atoms. The van der Waals surface area contributed by atoms with E-state index in [1.54, 1.807) is 18.2 Å². The van der Waals surface area contributed by atoms with Crippen molar-refractivity contribution < 1.29 is 14.8 Å². The zero-order valence-electron chi connectivity index (χ0n) is 11.2. The smallest absolute Gasteiger partial charge is 0.278 e. The van der Waals surface area contributed by atoms with Crippen molar-refractivity contribution in [3.63, 3.8) is 0 Å². The Hall–Kier alpha value is -2.46. The van der Waals surface area contributed by atoms with Crippen molar-refractivity contribution in [2.75, 3.05) is 0 Å². The van der Waals surface area contributed by atoms with Gasteiger partial charge in [0.25, 0.3) is 11.8 Å². The fourth-order valence-corrected chi connectivity index (χ4v) is 2.46. The summed E-state index contributed by atoms with van der Waals surface area (Å²) in [6.07, 6.45) is 0. The molecule has 0 saturated carbocycles. The molecule has 0 radical (unpaired) electrons. The van der Waals surface area contributed by atoms with Crippen LogP contribution in [-0.2, 0) is 0 Å². The van der Waals surface area contributed by atoms with Crippen LogP contribution in [0, 0.1) is 13.8 Å². The predicted octanol–water partition coefficient (Wildman–Crippen LogP) is 2.96. The number of rotatable bonds is 1. The Morgan fingerprint density at radius 3 is 2.35 bits per heavy atom. The van der Waals surface area contributed by atoms with Crippen molar-refractivity contribution >= 4 is 11.8 Å². The molecule has 1 heterocycles. The Morgan fingerprint density at radius 1 is 0.900 bits per heavy atom. The second-order valence-electron chi connectivity index (χ2n) is 4.93. The maximum atomic E-state index is 11.8. The van der Waals surface area contributed by atoms with Gasteiger partial charge in [0.1, 0.15) is 0 Å². The first kappa shape index (κ1) is 12.6. The number of hydroxylamine groups is 2. The summed E-state index contributed by atoms with van der Waals surface area (Å²) in [5, 5.41) is 9.55. The number of carbonyl (C=O) groups is 2. The van der Waals surface area contributed by atoms with Crippen LogP contribution < -0.4 is 0 Å². The number of amides is 2. The third kappa shape index (κ3) is 1.66. The first-order valence-corrected chi connectivity index (χ1v) is 6.29. The molecule has 0 aliphatic carbocycles. The molecule has 0 fully saturated rings. The van der Waals surface area contributed by atoms with Gasteiger partial charge in [0.15, 0.2) is 0 Å². The van der Waals surface area contributed by atoms with Gasteiger partial charge in [0, 0.05) is 0 Å². The molecule has 2 amide bonds. The molecule has 1 N–H and O–H groups in total. The molecular weight excluding hydrogens is 254 g/mol. The highest BCUT2D eigenvalue weighted by molar-refractivity contribution is 6.20. The molecule has 0 saturated heterocycles. The van der Waals surface area contributed by atoms with Crippen LogP contribution in [0.5, 0.6) is 0 Å². The average molecular weight is 267 g/mol. The molecule has 0 atom stereocenters. The van der Waals surface area contributed by atoms with Crippen LogP contribution in [0.25, 0.3) is 11.1 Å². The molecule has 4 heteroatoms. The van der Waals surface area contributed by atoms with Gasteiger partial charge < -0.3 is 0 Å². The van der Waals surface area contributed by atoms with Crippen molar-refractivity contribution in [1.29, 1.82) is 0 Å². The molecule has 20 heavy (non-hydrogen) atoms. The monoisotopic (exact) mass is 267 g/mol. The summed E-state index contributed by atoms with van der Waals surface area (Å²) in [5.41, 5.74) is 4.66. The van der Waals surface area contributed by atoms with Crippen molar-refractivity contribution in [3.8, 4) is 11.1 Å². The number of benzene rings is 2. The zero-order valence-corrected chi connectivity index (χ0v) is 11.2. The summed E-state index contributed by atoms with van der Waals surface area (Å²) >= 11 is 0. The number of aryl methyl sites for hydroxylation is 1. The number of fused-ring (bicyclic) bond motifs is 1. The van der Waals surface area contributed by atoms with Crippen LogP contribution in [0.4, 0.5) is 0 Å². The lowest BCUT2D eigenvalue weighted by Crippen LogP contribution is -2.25. The van der Waals surface area contributed by atoms with Crippen LogP contribution in [-0.4, -0.2) is 22.1 Å². The maximum absolute atomic E-state index is 11.8. The molecule has 3 rings (SSSR count). The Bertz CT molecular complexity index is 749. The van der Waals surface area contributed by atoms with E-state index < -0.39 is 11.8 Å². The number of nitrogens with zero attached hydrogens (tertiary/aromatic N) is 1. The highest BCUT2D eigenvalue weighted by Gasteiger charge is 2.34. The quantitative estimate of drug-likeness (QED) is 0.638. The van der Waals surface area contributed by atoms with Crippen molar-refractivity contribution in [3.05, 3.63) is 58.7 Å². The molecule has 1 aliphatic heterocycles. The minimum absolute atomic E-state index is 0.164. The lowest BCUT2D eigenvalue weighted by Gasteiger charge is -2.09. The van der Waals surface area contributed by atoms with E-state index in [9.17, 15) is 14.8 Å². The van der Waals surface area contributed by atoms with Crippen molar-refractivity contribution in [1.82, 2.24) is 5.06 Å². The van der Waals surface area contributed by atoms with E-state index in [1.165, 1.54) is 0 Å². The van der Waals surface area contributed by atoms with E-state index in [1.807, 2.05) is 32.0 Å². The Labute approximate surface area is 116 Å². The lowest BCUT2D eigenvalue weighted by atomic mass is 9.95. The summed E-state index contributed by atoms with van der Waals surface area (Å²) in [6, 6.07) is 11.0. The fourth-order valence-electron chi connectivity index (χ4n) is 2.46. The SMILES string of the molecule is Cc1cccc(-c2ccc3c(c2)C(=O)N(O)C3=O)c1C. The van der Waals surface area contributed by atoms with Crippen LogP contribution in [0.1, 0.15) is 31.8 Å². The predicted molar refractivity (Wildman–Crippen MR) is 73.6 cm³/mol. The van der Waals surface area contributed by atoms with Gasteiger partial charge in [-0.25, -0.2) is 0 Å². The second kappa shape index (κ2) is 4.28. The molecule has 0 unspecified atom stereocenters. The largest absolute Gasteiger partial charge is 0.285 e. The van der Waals surface area contributed by atoms with E-state index >= 15 is 0 Å². The van der Waals surface area contributed by atoms with Gasteiger partial charge in [-0.15, -0.1) is 5.06 Å². The number of imide groups is 1. The summed E-state index contributed by atoms with van der Waals surface area (Å²) in [4.78, 5) is 23.4. The van der Waals surface area contributed by atoms with Gasteiger partial charge >= 0.3 is 0 Å². The molecule has 4 nitrogen and oxygen atoms in total.